The first-order chi connectivity index (χ1) is 13.4. The van der Waals surface area contributed by atoms with Crippen LogP contribution in [0.2, 0.25) is 0 Å². The van der Waals surface area contributed by atoms with Crippen molar-refractivity contribution in [1.82, 2.24) is 20.1 Å². The zero-order valence-corrected chi connectivity index (χ0v) is 16.4. The molecule has 7 heteroatoms. The molecule has 2 heterocycles. The molecule has 0 saturated carbocycles. The predicted octanol–water partition coefficient (Wildman–Crippen LogP) is 3.60. The van der Waals surface area contributed by atoms with Crippen LogP contribution in [0.15, 0.2) is 48.9 Å². The Balaban J connectivity index is 1.83. The molecule has 1 amide bonds. The van der Waals surface area contributed by atoms with E-state index in [4.69, 9.17) is 4.74 Å². The summed E-state index contributed by atoms with van der Waals surface area (Å²) in [7, 11) is 1.55. The Morgan fingerprint density at radius 3 is 2.75 bits per heavy atom. The van der Waals surface area contributed by atoms with E-state index in [0.29, 0.717) is 11.7 Å². The van der Waals surface area contributed by atoms with Crippen molar-refractivity contribution in [1.29, 1.82) is 0 Å². The molecule has 1 unspecified atom stereocenters. The zero-order valence-electron chi connectivity index (χ0n) is 16.4. The van der Waals surface area contributed by atoms with Gasteiger partial charge in [-0.25, -0.2) is 4.68 Å². The standard InChI is InChI=1S/C21H24N4O3/c1-13(2)15-6-5-7-16(10-15)25-12-18(26)20(24-25)21(27)23-14(3)17-8-9-22-11-19(17)28-4/h5-14,26H,1-4H3,(H,23,27). The second-order valence-corrected chi connectivity index (χ2v) is 6.87. The number of ether oxygens (including phenoxy) is 1. The van der Waals surface area contributed by atoms with Gasteiger partial charge in [-0.15, -0.1) is 0 Å². The van der Waals surface area contributed by atoms with Crippen molar-refractivity contribution in [2.75, 3.05) is 7.11 Å². The number of methoxy groups -OCH3 is 1. The van der Waals surface area contributed by atoms with Crippen LogP contribution in [0.5, 0.6) is 11.5 Å². The van der Waals surface area contributed by atoms with Crippen molar-refractivity contribution >= 4 is 5.91 Å². The molecule has 0 aliphatic heterocycles. The molecular weight excluding hydrogens is 356 g/mol. The Morgan fingerprint density at radius 2 is 2.04 bits per heavy atom. The van der Waals surface area contributed by atoms with Gasteiger partial charge >= 0.3 is 0 Å². The van der Waals surface area contributed by atoms with E-state index >= 15 is 0 Å². The molecular formula is C21H24N4O3. The lowest BCUT2D eigenvalue weighted by atomic mass is 10.0. The summed E-state index contributed by atoms with van der Waals surface area (Å²) < 4.78 is 6.79. The third-order valence-corrected chi connectivity index (χ3v) is 4.56. The molecule has 1 atom stereocenters. The van der Waals surface area contributed by atoms with E-state index in [1.165, 1.54) is 10.9 Å². The number of nitrogens with zero attached hydrogens (tertiary/aromatic N) is 3. The highest BCUT2D eigenvalue weighted by Gasteiger charge is 2.21. The molecule has 0 aliphatic rings. The van der Waals surface area contributed by atoms with Crippen LogP contribution in [0, 0.1) is 0 Å². The van der Waals surface area contributed by atoms with Crippen molar-refractivity contribution in [2.24, 2.45) is 0 Å². The molecule has 0 radical (unpaired) electrons. The Hall–Kier alpha value is -3.35. The number of benzene rings is 1. The maximum absolute atomic E-state index is 12.7. The average molecular weight is 380 g/mol. The van der Waals surface area contributed by atoms with Gasteiger partial charge in [0.05, 0.1) is 31.2 Å². The van der Waals surface area contributed by atoms with Gasteiger partial charge in [0.15, 0.2) is 11.4 Å². The second kappa shape index (κ2) is 8.12. The minimum absolute atomic E-state index is 0.0326. The summed E-state index contributed by atoms with van der Waals surface area (Å²) in [6, 6.07) is 9.27. The van der Waals surface area contributed by atoms with Crippen LogP contribution in [0.4, 0.5) is 0 Å². The molecule has 146 valence electrons. The summed E-state index contributed by atoms with van der Waals surface area (Å²) in [4.78, 5) is 16.7. The SMILES string of the molecule is COc1cnccc1C(C)NC(=O)c1nn(-c2cccc(C(C)C)c2)cc1O. The Kier molecular flexibility index (Phi) is 5.63. The highest BCUT2D eigenvalue weighted by molar-refractivity contribution is 5.95. The summed E-state index contributed by atoms with van der Waals surface area (Å²) in [6.45, 7) is 6.04. The van der Waals surface area contributed by atoms with Gasteiger partial charge in [-0.2, -0.15) is 5.10 Å². The van der Waals surface area contributed by atoms with Crippen LogP contribution >= 0.6 is 0 Å². The lowest BCUT2D eigenvalue weighted by Crippen LogP contribution is -2.27. The smallest absolute Gasteiger partial charge is 0.276 e. The maximum Gasteiger partial charge on any atom is 0.276 e. The predicted molar refractivity (Wildman–Crippen MR) is 106 cm³/mol. The fraction of sp³-hybridized carbons (Fsp3) is 0.286. The number of amides is 1. The fourth-order valence-corrected chi connectivity index (χ4v) is 2.95. The quantitative estimate of drug-likeness (QED) is 0.682. The number of carbonyl (C=O) groups is 1. The van der Waals surface area contributed by atoms with E-state index in [1.807, 2.05) is 31.2 Å². The summed E-state index contributed by atoms with van der Waals surface area (Å²) in [5.41, 5.74) is 2.69. The third kappa shape index (κ3) is 3.98. The van der Waals surface area contributed by atoms with E-state index in [1.54, 1.807) is 25.6 Å². The van der Waals surface area contributed by atoms with E-state index < -0.39 is 5.91 Å². The number of nitrogens with one attached hydrogen (secondary N) is 1. The van der Waals surface area contributed by atoms with Gasteiger partial charge in [-0.3, -0.25) is 9.78 Å². The van der Waals surface area contributed by atoms with E-state index in [2.05, 4.69) is 29.2 Å². The first-order valence-electron chi connectivity index (χ1n) is 9.08. The number of hydrogen-bond acceptors (Lipinski definition) is 5. The second-order valence-electron chi connectivity index (χ2n) is 6.87. The summed E-state index contributed by atoms with van der Waals surface area (Å²) >= 11 is 0. The Morgan fingerprint density at radius 1 is 1.25 bits per heavy atom. The van der Waals surface area contributed by atoms with Crippen molar-refractivity contribution in [3.8, 4) is 17.2 Å². The number of pyridine rings is 1. The van der Waals surface area contributed by atoms with Crippen LogP contribution in [0.1, 0.15) is 54.3 Å². The molecule has 2 N–H and O–H groups in total. The molecule has 3 rings (SSSR count). The van der Waals surface area contributed by atoms with E-state index in [0.717, 1.165) is 16.8 Å². The highest BCUT2D eigenvalue weighted by Crippen LogP contribution is 2.25. The number of hydrogen-bond donors (Lipinski definition) is 2. The summed E-state index contributed by atoms with van der Waals surface area (Å²) in [5, 5.41) is 17.4. The lowest BCUT2D eigenvalue weighted by molar-refractivity contribution is 0.0931. The molecule has 2 aromatic heterocycles. The number of aromatic nitrogens is 3. The van der Waals surface area contributed by atoms with Crippen molar-refractivity contribution < 1.29 is 14.6 Å². The first-order valence-corrected chi connectivity index (χ1v) is 9.08. The van der Waals surface area contributed by atoms with Crippen LogP contribution in [-0.4, -0.2) is 32.9 Å². The molecule has 1 aromatic carbocycles. The molecule has 0 saturated heterocycles. The molecule has 3 aromatic rings. The number of carbonyl (C=O) groups excluding carboxylic acids is 1. The minimum Gasteiger partial charge on any atom is -0.504 e. The van der Waals surface area contributed by atoms with E-state index in [9.17, 15) is 9.90 Å². The van der Waals surface area contributed by atoms with Gasteiger partial charge in [0, 0.05) is 11.8 Å². The summed E-state index contributed by atoms with van der Waals surface area (Å²) in [6.07, 6.45) is 4.66. The third-order valence-electron chi connectivity index (χ3n) is 4.56. The highest BCUT2D eigenvalue weighted by atomic mass is 16.5. The molecule has 28 heavy (non-hydrogen) atoms. The van der Waals surface area contributed by atoms with Crippen molar-refractivity contribution in [2.45, 2.75) is 32.7 Å². The molecule has 0 fully saturated rings. The minimum atomic E-state index is -0.470. The molecule has 0 aliphatic carbocycles. The molecule has 0 bridgehead atoms. The van der Waals surface area contributed by atoms with Gasteiger partial charge in [-0.05, 0) is 36.6 Å². The van der Waals surface area contributed by atoms with E-state index in [-0.39, 0.29) is 17.5 Å². The largest absolute Gasteiger partial charge is 0.504 e. The van der Waals surface area contributed by atoms with Crippen LogP contribution < -0.4 is 10.1 Å². The van der Waals surface area contributed by atoms with Gasteiger partial charge in [0.25, 0.3) is 5.91 Å². The van der Waals surface area contributed by atoms with Gasteiger partial charge < -0.3 is 15.2 Å². The summed E-state index contributed by atoms with van der Waals surface area (Å²) in [5.74, 6) is 0.294. The Bertz CT molecular complexity index is 981. The normalized spacial score (nSPS) is 12.0. The number of aromatic hydroxyl groups is 1. The average Bonchev–Trinajstić information content (AvgIpc) is 3.09. The molecule has 7 nitrogen and oxygen atoms in total. The van der Waals surface area contributed by atoms with Crippen molar-refractivity contribution in [3.63, 3.8) is 0 Å². The van der Waals surface area contributed by atoms with Crippen molar-refractivity contribution in [3.05, 3.63) is 65.7 Å². The van der Waals surface area contributed by atoms with Gasteiger partial charge in [0.1, 0.15) is 5.75 Å². The zero-order chi connectivity index (χ0) is 20.3. The first kappa shape index (κ1) is 19.4. The maximum atomic E-state index is 12.7. The Labute approximate surface area is 164 Å². The molecule has 0 spiro atoms. The van der Waals surface area contributed by atoms with Crippen LogP contribution in [-0.2, 0) is 0 Å². The van der Waals surface area contributed by atoms with Crippen LogP contribution in [0.3, 0.4) is 0 Å². The monoisotopic (exact) mass is 380 g/mol. The topological polar surface area (TPSA) is 89.3 Å². The van der Waals surface area contributed by atoms with Crippen LogP contribution in [0.25, 0.3) is 5.69 Å². The van der Waals surface area contributed by atoms with Gasteiger partial charge in [0.2, 0.25) is 0 Å². The lowest BCUT2D eigenvalue weighted by Gasteiger charge is -2.16. The number of rotatable bonds is 6. The van der Waals surface area contributed by atoms with Gasteiger partial charge in [-0.1, -0.05) is 26.0 Å². The fourth-order valence-electron chi connectivity index (χ4n) is 2.95.